The molecule has 0 saturated heterocycles. The zero-order valence-corrected chi connectivity index (χ0v) is 8.79. The molecule has 5 nitrogen and oxygen atoms in total. The Morgan fingerprint density at radius 3 is 2.65 bits per heavy atom. The molecular weight excluding hydrogens is 234 g/mol. The van der Waals surface area contributed by atoms with Gasteiger partial charge >= 0.3 is 0 Å². The quantitative estimate of drug-likeness (QED) is 0.611. The molecule has 7 heteroatoms. The fourth-order valence-electron chi connectivity index (χ4n) is 1.99. The molecule has 3 atom stereocenters. The highest BCUT2D eigenvalue weighted by molar-refractivity contribution is 5.76. The number of halogens is 2. The first kappa shape index (κ1) is 12.2. The maximum absolute atomic E-state index is 13.8. The first-order chi connectivity index (χ1) is 8.06. The van der Waals surface area contributed by atoms with Gasteiger partial charge in [0.15, 0.2) is 5.83 Å². The van der Waals surface area contributed by atoms with Crippen LogP contribution in [0, 0.1) is 0 Å². The molecular formula is C10H12F2N2O3. The Morgan fingerprint density at radius 1 is 1.41 bits per heavy atom. The molecule has 0 unspecified atom stereocenters. The number of hydrogen-bond acceptors (Lipinski definition) is 5. The Hall–Kier alpha value is -1.31. The van der Waals surface area contributed by atoms with Gasteiger partial charge in [0.2, 0.25) is 0 Å². The zero-order valence-electron chi connectivity index (χ0n) is 8.79. The molecule has 1 aliphatic carbocycles. The molecule has 17 heavy (non-hydrogen) atoms. The van der Waals surface area contributed by atoms with Gasteiger partial charge in [-0.3, -0.25) is 4.99 Å². The molecule has 0 saturated carbocycles. The molecule has 0 bridgehead atoms. The van der Waals surface area contributed by atoms with Crippen molar-refractivity contribution in [2.24, 2.45) is 4.99 Å². The summed E-state index contributed by atoms with van der Waals surface area (Å²) in [5.41, 5.74) is -0.272. The number of aliphatic hydroxyl groups excluding tert-OH is 3. The van der Waals surface area contributed by atoms with Crippen LogP contribution in [-0.4, -0.2) is 58.0 Å². The lowest BCUT2D eigenvalue weighted by Gasteiger charge is -2.30. The monoisotopic (exact) mass is 246 g/mol. The summed E-state index contributed by atoms with van der Waals surface area (Å²) >= 11 is 0. The average molecular weight is 246 g/mol. The van der Waals surface area contributed by atoms with Crippen LogP contribution in [0.15, 0.2) is 28.4 Å². The highest BCUT2D eigenvalue weighted by atomic mass is 19.1. The summed E-state index contributed by atoms with van der Waals surface area (Å²) < 4.78 is 26.8. The Labute approximate surface area is 96.0 Å². The smallest absolute Gasteiger partial charge is 0.156 e. The Bertz CT molecular complexity index is 408. The standard InChI is InChI=1S/C10H12F2N2O3/c11-5-1-13-4-14(2-5)8-7(12)6(3-15)9(16)10(8)17/h1-2,8-10,15-17H,3-4H2/t8-,9-,10+/m1/s1. The third kappa shape index (κ3) is 1.97. The second kappa shape index (κ2) is 4.52. The van der Waals surface area contributed by atoms with Crippen molar-refractivity contribution in [2.45, 2.75) is 18.2 Å². The van der Waals surface area contributed by atoms with Crippen LogP contribution >= 0.6 is 0 Å². The molecule has 2 rings (SSSR count). The normalized spacial score (nSPS) is 33.4. The maximum atomic E-state index is 13.8. The van der Waals surface area contributed by atoms with Crippen molar-refractivity contribution in [1.29, 1.82) is 0 Å². The molecule has 2 aliphatic rings. The molecule has 3 N–H and O–H groups in total. The van der Waals surface area contributed by atoms with E-state index in [2.05, 4.69) is 4.99 Å². The predicted molar refractivity (Wildman–Crippen MR) is 55.4 cm³/mol. The summed E-state index contributed by atoms with van der Waals surface area (Å²) in [6.45, 7) is -0.710. The molecule has 0 aromatic heterocycles. The van der Waals surface area contributed by atoms with Crippen LogP contribution in [0.1, 0.15) is 0 Å². The number of allylic oxidation sites excluding steroid dienone is 1. The van der Waals surface area contributed by atoms with Crippen LogP contribution < -0.4 is 0 Å². The molecule has 0 aromatic rings. The summed E-state index contributed by atoms with van der Waals surface area (Å²) in [6.07, 6.45) is -0.932. The van der Waals surface area contributed by atoms with Crippen molar-refractivity contribution in [3.63, 3.8) is 0 Å². The van der Waals surface area contributed by atoms with Gasteiger partial charge < -0.3 is 20.2 Å². The first-order valence-electron chi connectivity index (χ1n) is 5.04. The van der Waals surface area contributed by atoms with Gasteiger partial charge in [0.25, 0.3) is 0 Å². The number of nitrogens with zero attached hydrogens (tertiary/aromatic N) is 2. The van der Waals surface area contributed by atoms with Crippen molar-refractivity contribution in [3.05, 3.63) is 23.4 Å². The zero-order chi connectivity index (χ0) is 12.6. The minimum absolute atomic E-state index is 0.0198. The van der Waals surface area contributed by atoms with Crippen molar-refractivity contribution in [3.8, 4) is 0 Å². The molecule has 0 aromatic carbocycles. The topological polar surface area (TPSA) is 76.3 Å². The van der Waals surface area contributed by atoms with E-state index in [9.17, 15) is 19.0 Å². The van der Waals surface area contributed by atoms with E-state index < -0.39 is 36.5 Å². The molecule has 1 heterocycles. The Kier molecular flexibility index (Phi) is 3.23. The number of aliphatic hydroxyl groups is 3. The molecule has 0 amide bonds. The molecule has 0 radical (unpaired) electrons. The van der Waals surface area contributed by atoms with E-state index in [0.717, 1.165) is 17.3 Å². The van der Waals surface area contributed by atoms with Gasteiger partial charge in [0.1, 0.15) is 30.7 Å². The summed E-state index contributed by atoms with van der Waals surface area (Å²) in [5.74, 6) is -1.50. The maximum Gasteiger partial charge on any atom is 0.156 e. The highest BCUT2D eigenvalue weighted by Crippen LogP contribution is 2.32. The van der Waals surface area contributed by atoms with Crippen LogP contribution in [0.5, 0.6) is 0 Å². The van der Waals surface area contributed by atoms with Gasteiger partial charge in [0, 0.05) is 11.8 Å². The fourth-order valence-corrected chi connectivity index (χ4v) is 1.99. The fraction of sp³-hybridized carbons (Fsp3) is 0.500. The number of rotatable bonds is 2. The van der Waals surface area contributed by atoms with E-state index in [4.69, 9.17) is 5.11 Å². The lowest BCUT2D eigenvalue weighted by atomic mass is 10.1. The van der Waals surface area contributed by atoms with Gasteiger partial charge in [-0.2, -0.15) is 0 Å². The largest absolute Gasteiger partial charge is 0.392 e. The average Bonchev–Trinajstić information content (AvgIpc) is 2.50. The SMILES string of the molecule is OCC1=C(F)[C@@H](N2C=C(F)C=NC2)[C@H](O)[C@@H]1O. The third-order valence-corrected chi connectivity index (χ3v) is 2.85. The molecule has 0 fully saturated rings. The van der Waals surface area contributed by atoms with Gasteiger partial charge in [-0.25, -0.2) is 8.78 Å². The van der Waals surface area contributed by atoms with Crippen molar-refractivity contribution < 1.29 is 24.1 Å². The summed E-state index contributed by atoms with van der Waals surface area (Å²) in [7, 11) is 0. The van der Waals surface area contributed by atoms with Gasteiger partial charge in [-0.15, -0.1) is 0 Å². The highest BCUT2D eigenvalue weighted by Gasteiger charge is 2.44. The Balaban J connectivity index is 2.27. The van der Waals surface area contributed by atoms with Crippen LogP contribution in [0.2, 0.25) is 0 Å². The molecule has 0 spiro atoms. The lowest BCUT2D eigenvalue weighted by Crippen LogP contribution is -2.43. The second-order valence-corrected chi connectivity index (χ2v) is 3.89. The molecule has 1 aliphatic heterocycles. The number of aliphatic imine (C=N–C) groups is 1. The summed E-state index contributed by atoms with van der Waals surface area (Å²) in [5, 5.41) is 28.1. The Morgan fingerprint density at radius 2 is 2.12 bits per heavy atom. The van der Waals surface area contributed by atoms with Crippen LogP contribution in [-0.2, 0) is 0 Å². The lowest BCUT2D eigenvalue weighted by molar-refractivity contribution is 0.0103. The predicted octanol–water partition coefficient (Wildman–Crippen LogP) is -0.539. The van der Waals surface area contributed by atoms with Gasteiger partial charge in [-0.05, 0) is 0 Å². The van der Waals surface area contributed by atoms with E-state index in [-0.39, 0.29) is 12.2 Å². The number of hydrogen-bond donors (Lipinski definition) is 3. The van der Waals surface area contributed by atoms with Crippen LogP contribution in [0.3, 0.4) is 0 Å². The van der Waals surface area contributed by atoms with Crippen molar-refractivity contribution >= 4 is 6.21 Å². The summed E-state index contributed by atoms with van der Waals surface area (Å²) in [4.78, 5) is 4.78. The van der Waals surface area contributed by atoms with E-state index in [1.54, 1.807) is 0 Å². The van der Waals surface area contributed by atoms with Gasteiger partial charge in [0.05, 0.1) is 12.8 Å². The summed E-state index contributed by atoms with van der Waals surface area (Å²) in [6, 6.07) is -1.21. The van der Waals surface area contributed by atoms with Crippen LogP contribution in [0.4, 0.5) is 8.78 Å². The van der Waals surface area contributed by atoms with E-state index in [1.807, 2.05) is 0 Å². The molecule has 94 valence electrons. The minimum atomic E-state index is -1.48. The van der Waals surface area contributed by atoms with E-state index in [0.29, 0.717) is 0 Å². The second-order valence-electron chi connectivity index (χ2n) is 3.89. The first-order valence-corrected chi connectivity index (χ1v) is 5.04. The van der Waals surface area contributed by atoms with E-state index >= 15 is 0 Å². The van der Waals surface area contributed by atoms with E-state index in [1.165, 1.54) is 0 Å². The van der Waals surface area contributed by atoms with Gasteiger partial charge in [-0.1, -0.05) is 0 Å². The minimum Gasteiger partial charge on any atom is -0.392 e. The third-order valence-electron chi connectivity index (χ3n) is 2.85. The van der Waals surface area contributed by atoms with Crippen LogP contribution in [0.25, 0.3) is 0 Å². The van der Waals surface area contributed by atoms with Crippen molar-refractivity contribution in [2.75, 3.05) is 13.3 Å². The van der Waals surface area contributed by atoms with Crippen molar-refractivity contribution in [1.82, 2.24) is 4.90 Å².